The summed E-state index contributed by atoms with van der Waals surface area (Å²) in [5, 5.41) is 13.3. The fourth-order valence-corrected chi connectivity index (χ4v) is 2.35. The lowest BCUT2D eigenvalue weighted by atomic mass is 10.1. The first-order valence-electron chi connectivity index (χ1n) is 6.95. The Kier molecular flexibility index (Phi) is 4.31. The number of rotatable bonds is 3. The number of hydrogen-bond acceptors (Lipinski definition) is 3. The van der Waals surface area contributed by atoms with Gasteiger partial charge in [0.2, 0.25) is 0 Å². The molecular formula is C17H11ClF2N2O2. The standard InChI is InChI=1S/C17H11ClF2N2O2/c18-10-3-1-9(2-4-10)7-22-17(24)12-8-21-15-6-14(20)13(19)5-11(15)16(12)23/h1-6,8H,7H2,(H,21,23)(H,22,24). The Hall–Kier alpha value is -2.73. The van der Waals surface area contributed by atoms with Gasteiger partial charge in [-0.3, -0.25) is 9.78 Å². The van der Waals surface area contributed by atoms with E-state index >= 15 is 0 Å². The molecule has 0 atom stereocenters. The minimum atomic E-state index is -1.13. The highest BCUT2D eigenvalue weighted by Crippen LogP contribution is 2.28. The molecule has 0 unspecified atom stereocenters. The number of nitrogens with one attached hydrogen (secondary N) is 1. The summed E-state index contributed by atoms with van der Waals surface area (Å²) < 4.78 is 26.5. The van der Waals surface area contributed by atoms with E-state index in [9.17, 15) is 18.7 Å². The fourth-order valence-electron chi connectivity index (χ4n) is 2.22. The van der Waals surface area contributed by atoms with Gasteiger partial charge in [0.25, 0.3) is 5.91 Å². The van der Waals surface area contributed by atoms with E-state index in [0.717, 1.165) is 23.9 Å². The van der Waals surface area contributed by atoms with Crippen molar-refractivity contribution in [3.8, 4) is 5.75 Å². The Labute approximate surface area is 140 Å². The van der Waals surface area contributed by atoms with Gasteiger partial charge in [-0.2, -0.15) is 0 Å². The van der Waals surface area contributed by atoms with Gasteiger partial charge in [0.15, 0.2) is 11.6 Å². The smallest absolute Gasteiger partial charge is 0.256 e. The lowest BCUT2D eigenvalue weighted by Gasteiger charge is -2.09. The van der Waals surface area contributed by atoms with Crippen molar-refractivity contribution in [2.45, 2.75) is 6.54 Å². The van der Waals surface area contributed by atoms with Gasteiger partial charge < -0.3 is 10.4 Å². The van der Waals surface area contributed by atoms with Gasteiger partial charge in [-0.1, -0.05) is 23.7 Å². The summed E-state index contributed by atoms with van der Waals surface area (Å²) in [6.45, 7) is 0.214. The molecule has 0 aliphatic heterocycles. The van der Waals surface area contributed by atoms with Crippen LogP contribution in [0.5, 0.6) is 5.75 Å². The third-order valence-electron chi connectivity index (χ3n) is 3.49. The van der Waals surface area contributed by atoms with Crippen LogP contribution in [0.25, 0.3) is 10.9 Å². The Morgan fingerprint density at radius 1 is 1.17 bits per heavy atom. The number of carbonyl (C=O) groups is 1. The summed E-state index contributed by atoms with van der Waals surface area (Å²) in [4.78, 5) is 16.1. The maximum Gasteiger partial charge on any atom is 0.256 e. The number of benzene rings is 2. The number of nitrogens with zero attached hydrogens (tertiary/aromatic N) is 1. The topological polar surface area (TPSA) is 62.2 Å². The summed E-state index contributed by atoms with van der Waals surface area (Å²) in [5.74, 6) is -3.23. The third-order valence-corrected chi connectivity index (χ3v) is 3.74. The normalized spacial score (nSPS) is 10.8. The number of fused-ring (bicyclic) bond motifs is 1. The molecule has 1 aromatic heterocycles. The molecule has 122 valence electrons. The highest BCUT2D eigenvalue weighted by molar-refractivity contribution is 6.30. The molecule has 1 amide bonds. The third kappa shape index (κ3) is 3.14. The van der Waals surface area contributed by atoms with Crippen LogP contribution in [0.4, 0.5) is 8.78 Å². The molecule has 0 spiro atoms. The van der Waals surface area contributed by atoms with E-state index in [-0.39, 0.29) is 23.0 Å². The minimum absolute atomic E-state index is 0.0342. The van der Waals surface area contributed by atoms with Crippen LogP contribution in [0.3, 0.4) is 0 Å². The predicted molar refractivity (Wildman–Crippen MR) is 85.9 cm³/mol. The molecule has 4 nitrogen and oxygen atoms in total. The van der Waals surface area contributed by atoms with Gasteiger partial charge in [-0.05, 0) is 23.8 Å². The fraction of sp³-hybridized carbons (Fsp3) is 0.0588. The second kappa shape index (κ2) is 6.41. The van der Waals surface area contributed by atoms with Crippen LogP contribution in [-0.4, -0.2) is 16.0 Å². The van der Waals surface area contributed by atoms with Crippen LogP contribution < -0.4 is 5.32 Å². The number of halogens is 3. The van der Waals surface area contributed by atoms with Gasteiger partial charge in [0.05, 0.1) is 5.52 Å². The van der Waals surface area contributed by atoms with Crippen molar-refractivity contribution in [3.05, 3.63) is 70.4 Å². The van der Waals surface area contributed by atoms with Crippen LogP contribution in [-0.2, 0) is 6.54 Å². The zero-order valence-corrected chi connectivity index (χ0v) is 12.9. The Morgan fingerprint density at radius 2 is 1.83 bits per heavy atom. The van der Waals surface area contributed by atoms with E-state index in [4.69, 9.17) is 11.6 Å². The van der Waals surface area contributed by atoms with Crippen molar-refractivity contribution in [1.29, 1.82) is 0 Å². The number of pyridine rings is 1. The Balaban J connectivity index is 1.85. The minimum Gasteiger partial charge on any atom is -0.506 e. The predicted octanol–water partition coefficient (Wildman–Crippen LogP) is 3.80. The van der Waals surface area contributed by atoms with Crippen LogP contribution >= 0.6 is 11.6 Å². The van der Waals surface area contributed by atoms with Crippen LogP contribution in [0, 0.1) is 11.6 Å². The van der Waals surface area contributed by atoms with Crippen molar-refractivity contribution >= 4 is 28.4 Å². The number of amides is 1. The summed E-state index contributed by atoms with van der Waals surface area (Å²) in [7, 11) is 0. The lowest BCUT2D eigenvalue weighted by Crippen LogP contribution is -2.23. The lowest BCUT2D eigenvalue weighted by molar-refractivity contribution is 0.0948. The van der Waals surface area contributed by atoms with Crippen molar-refractivity contribution in [3.63, 3.8) is 0 Å². The Bertz CT molecular complexity index is 930. The molecule has 3 aromatic rings. The van der Waals surface area contributed by atoms with Crippen molar-refractivity contribution in [2.24, 2.45) is 0 Å². The molecule has 0 saturated heterocycles. The van der Waals surface area contributed by atoms with E-state index in [1.54, 1.807) is 24.3 Å². The van der Waals surface area contributed by atoms with Gasteiger partial charge in [-0.25, -0.2) is 8.78 Å². The van der Waals surface area contributed by atoms with E-state index in [1.807, 2.05) is 0 Å². The Morgan fingerprint density at radius 3 is 2.54 bits per heavy atom. The summed E-state index contributed by atoms with van der Waals surface area (Å²) in [5.41, 5.74) is 0.747. The van der Waals surface area contributed by atoms with Crippen molar-refractivity contribution in [1.82, 2.24) is 10.3 Å². The van der Waals surface area contributed by atoms with Gasteiger partial charge in [0, 0.05) is 29.2 Å². The molecule has 0 radical (unpaired) electrons. The van der Waals surface area contributed by atoms with Gasteiger partial charge in [-0.15, -0.1) is 0 Å². The average Bonchev–Trinajstić information content (AvgIpc) is 2.56. The number of carbonyl (C=O) groups excluding carboxylic acids is 1. The molecule has 2 aromatic carbocycles. The molecule has 0 aliphatic carbocycles. The first-order valence-corrected chi connectivity index (χ1v) is 7.33. The molecule has 1 heterocycles. The van der Waals surface area contributed by atoms with Crippen LogP contribution in [0.15, 0.2) is 42.6 Å². The monoisotopic (exact) mass is 348 g/mol. The van der Waals surface area contributed by atoms with E-state index in [2.05, 4.69) is 10.3 Å². The van der Waals surface area contributed by atoms with E-state index in [0.29, 0.717) is 5.02 Å². The molecule has 24 heavy (non-hydrogen) atoms. The van der Waals surface area contributed by atoms with Gasteiger partial charge in [0.1, 0.15) is 11.3 Å². The molecule has 7 heteroatoms. The quantitative estimate of drug-likeness (QED) is 0.756. The second-order valence-electron chi connectivity index (χ2n) is 5.11. The SMILES string of the molecule is O=C(NCc1ccc(Cl)cc1)c1cnc2cc(F)c(F)cc2c1O. The number of hydrogen-bond donors (Lipinski definition) is 2. The highest BCUT2D eigenvalue weighted by atomic mass is 35.5. The first-order chi connectivity index (χ1) is 11.5. The zero-order valence-electron chi connectivity index (χ0n) is 12.2. The molecule has 0 saturated carbocycles. The molecule has 0 fully saturated rings. The second-order valence-corrected chi connectivity index (χ2v) is 5.55. The summed E-state index contributed by atoms with van der Waals surface area (Å²) in [6, 6.07) is 8.55. The molecule has 2 N–H and O–H groups in total. The molecule has 3 rings (SSSR count). The first kappa shape index (κ1) is 16.1. The van der Waals surface area contributed by atoms with Gasteiger partial charge >= 0.3 is 0 Å². The summed E-state index contributed by atoms with van der Waals surface area (Å²) >= 11 is 5.78. The van der Waals surface area contributed by atoms with E-state index < -0.39 is 23.3 Å². The largest absolute Gasteiger partial charge is 0.506 e. The maximum atomic E-state index is 13.3. The molecular weight excluding hydrogens is 338 g/mol. The molecule has 0 aliphatic rings. The summed E-state index contributed by atoms with van der Waals surface area (Å²) in [6.07, 6.45) is 1.12. The van der Waals surface area contributed by atoms with Crippen LogP contribution in [0.1, 0.15) is 15.9 Å². The maximum absolute atomic E-state index is 13.3. The van der Waals surface area contributed by atoms with Crippen molar-refractivity contribution < 1.29 is 18.7 Å². The number of aromatic hydroxyl groups is 1. The number of aromatic nitrogens is 1. The van der Waals surface area contributed by atoms with Crippen LogP contribution in [0.2, 0.25) is 5.02 Å². The highest BCUT2D eigenvalue weighted by Gasteiger charge is 2.16. The van der Waals surface area contributed by atoms with Crippen molar-refractivity contribution in [2.75, 3.05) is 0 Å². The molecule has 0 bridgehead atoms. The average molecular weight is 349 g/mol. The van der Waals surface area contributed by atoms with E-state index in [1.165, 1.54) is 0 Å². The zero-order chi connectivity index (χ0) is 17.3.